The zero-order valence-electron chi connectivity index (χ0n) is 13.4. The molecule has 8 heteroatoms. The predicted octanol–water partition coefficient (Wildman–Crippen LogP) is 1.79. The summed E-state index contributed by atoms with van der Waals surface area (Å²) in [6.45, 7) is 4.27. The van der Waals surface area contributed by atoms with Gasteiger partial charge in [0, 0.05) is 26.1 Å². The van der Waals surface area contributed by atoms with Crippen LogP contribution in [-0.2, 0) is 19.5 Å². The lowest BCUT2D eigenvalue weighted by molar-refractivity contribution is 0.510. The molecule has 0 radical (unpaired) electrons. The van der Waals surface area contributed by atoms with Gasteiger partial charge in [-0.25, -0.2) is 14.5 Å². The highest BCUT2D eigenvalue weighted by atomic mass is 32.2. The molecule has 0 unspecified atom stereocenters. The molecule has 0 saturated carbocycles. The highest BCUT2D eigenvalue weighted by molar-refractivity contribution is 7.99. The number of hydrogen-bond donors (Lipinski definition) is 1. The summed E-state index contributed by atoms with van der Waals surface area (Å²) in [7, 11) is 0. The molecule has 3 heterocycles. The van der Waals surface area contributed by atoms with E-state index in [0.29, 0.717) is 6.54 Å². The second kappa shape index (κ2) is 7.63. The van der Waals surface area contributed by atoms with Crippen LogP contribution in [0.1, 0.15) is 32.0 Å². The van der Waals surface area contributed by atoms with Crippen LogP contribution in [0.5, 0.6) is 0 Å². The quantitative estimate of drug-likeness (QED) is 0.614. The number of aromatic nitrogens is 5. The van der Waals surface area contributed by atoms with Crippen molar-refractivity contribution in [3.8, 4) is 0 Å². The summed E-state index contributed by atoms with van der Waals surface area (Å²) in [6, 6.07) is 0. The first-order chi connectivity index (χ1) is 11.3. The second-order valence-electron chi connectivity index (χ2n) is 5.49. The van der Waals surface area contributed by atoms with E-state index in [1.807, 2.05) is 4.57 Å². The van der Waals surface area contributed by atoms with Gasteiger partial charge in [0.15, 0.2) is 0 Å². The largest absolute Gasteiger partial charge is 0.369 e. The molecule has 7 nitrogen and oxygen atoms in total. The fraction of sp³-hybridized carbons (Fsp3) is 0.600. The minimum Gasteiger partial charge on any atom is -0.369 e. The van der Waals surface area contributed by atoms with Crippen LogP contribution in [0.3, 0.4) is 0 Å². The van der Waals surface area contributed by atoms with E-state index in [9.17, 15) is 4.79 Å². The van der Waals surface area contributed by atoms with Gasteiger partial charge < -0.3 is 5.32 Å². The van der Waals surface area contributed by atoms with Crippen molar-refractivity contribution < 1.29 is 0 Å². The number of rotatable bonds is 7. The summed E-state index contributed by atoms with van der Waals surface area (Å²) >= 11 is 1.67. The van der Waals surface area contributed by atoms with Crippen LogP contribution in [-0.4, -0.2) is 36.6 Å². The molecular weight excluding hydrogens is 312 g/mol. The Bertz CT molecular complexity index is 710. The van der Waals surface area contributed by atoms with Gasteiger partial charge in [-0.2, -0.15) is 5.10 Å². The number of hydrogen-bond acceptors (Lipinski definition) is 6. The molecule has 0 aliphatic carbocycles. The lowest BCUT2D eigenvalue weighted by Crippen LogP contribution is -2.27. The zero-order chi connectivity index (χ0) is 16.1. The van der Waals surface area contributed by atoms with E-state index in [4.69, 9.17) is 0 Å². The van der Waals surface area contributed by atoms with Crippen LogP contribution in [0.25, 0.3) is 0 Å². The maximum atomic E-state index is 12.2. The number of fused-ring (bicyclic) bond motifs is 1. The third kappa shape index (κ3) is 3.93. The topological polar surface area (TPSA) is 77.6 Å². The molecule has 0 amide bonds. The van der Waals surface area contributed by atoms with Gasteiger partial charge in [0.1, 0.15) is 16.7 Å². The first kappa shape index (κ1) is 16.0. The molecule has 2 aromatic rings. The molecule has 1 N–H and O–H groups in total. The average molecular weight is 334 g/mol. The van der Waals surface area contributed by atoms with Crippen molar-refractivity contribution in [2.24, 2.45) is 0 Å². The minimum absolute atomic E-state index is 0.0286. The lowest BCUT2D eigenvalue weighted by atomic mass is 10.2. The normalized spacial score (nSPS) is 13.8. The molecule has 23 heavy (non-hydrogen) atoms. The van der Waals surface area contributed by atoms with Gasteiger partial charge >= 0.3 is 5.69 Å². The van der Waals surface area contributed by atoms with E-state index in [-0.39, 0.29) is 5.69 Å². The van der Waals surface area contributed by atoms with Crippen molar-refractivity contribution in [1.29, 1.82) is 0 Å². The Morgan fingerprint density at radius 3 is 3.09 bits per heavy atom. The van der Waals surface area contributed by atoms with E-state index < -0.39 is 0 Å². The van der Waals surface area contributed by atoms with Crippen LogP contribution in [0.15, 0.2) is 22.2 Å². The fourth-order valence-electron chi connectivity index (χ4n) is 2.69. The Morgan fingerprint density at radius 1 is 1.35 bits per heavy atom. The Kier molecular flexibility index (Phi) is 5.32. The summed E-state index contributed by atoms with van der Waals surface area (Å²) in [5, 5.41) is 8.63. The van der Waals surface area contributed by atoms with Gasteiger partial charge in [0.05, 0.1) is 12.4 Å². The monoisotopic (exact) mass is 334 g/mol. The number of thioether (sulfide) groups is 1. The van der Waals surface area contributed by atoms with Crippen molar-refractivity contribution in [3.63, 3.8) is 0 Å². The van der Waals surface area contributed by atoms with Crippen molar-refractivity contribution in [2.75, 3.05) is 17.6 Å². The Hall–Kier alpha value is -1.83. The summed E-state index contributed by atoms with van der Waals surface area (Å²) in [4.78, 5) is 20.9. The van der Waals surface area contributed by atoms with E-state index in [0.717, 1.165) is 61.2 Å². The number of anilines is 1. The third-order valence-electron chi connectivity index (χ3n) is 3.79. The van der Waals surface area contributed by atoms with Gasteiger partial charge in [0.2, 0.25) is 0 Å². The maximum Gasteiger partial charge on any atom is 0.345 e. The molecule has 0 atom stereocenters. The van der Waals surface area contributed by atoms with Gasteiger partial charge in [-0.3, -0.25) is 9.55 Å². The molecule has 0 spiro atoms. The van der Waals surface area contributed by atoms with Gasteiger partial charge in [-0.15, -0.1) is 11.8 Å². The van der Waals surface area contributed by atoms with Gasteiger partial charge in [0.25, 0.3) is 0 Å². The zero-order valence-corrected chi connectivity index (χ0v) is 14.2. The van der Waals surface area contributed by atoms with Crippen molar-refractivity contribution in [1.82, 2.24) is 24.3 Å². The van der Waals surface area contributed by atoms with Crippen LogP contribution < -0.4 is 11.0 Å². The van der Waals surface area contributed by atoms with E-state index in [1.54, 1.807) is 28.8 Å². The smallest absolute Gasteiger partial charge is 0.345 e. The molecule has 1 aliphatic rings. The fourth-order valence-corrected chi connectivity index (χ4v) is 3.28. The molecule has 1 aliphatic heterocycles. The van der Waals surface area contributed by atoms with Crippen molar-refractivity contribution >= 4 is 17.6 Å². The summed E-state index contributed by atoms with van der Waals surface area (Å²) in [6.07, 6.45) is 7.44. The Morgan fingerprint density at radius 2 is 2.26 bits per heavy atom. The SMILES string of the molecule is CCSc1cncc(NCCCn2nc3n(c2=O)CCCC3)n1. The van der Waals surface area contributed by atoms with Crippen LogP contribution in [0.4, 0.5) is 5.82 Å². The van der Waals surface area contributed by atoms with Crippen molar-refractivity contribution in [3.05, 3.63) is 28.7 Å². The minimum atomic E-state index is 0.0286. The third-order valence-corrected chi connectivity index (χ3v) is 4.57. The lowest BCUT2D eigenvalue weighted by Gasteiger charge is -2.09. The molecular formula is C15H22N6OS. The molecule has 2 aromatic heterocycles. The molecule has 0 bridgehead atoms. The number of nitrogens with one attached hydrogen (secondary N) is 1. The summed E-state index contributed by atoms with van der Waals surface area (Å²) in [5.74, 6) is 2.69. The average Bonchev–Trinajstić information content (AvgIpc) is 2.89. The van der Waals surface area contributed by atoms with E-state index in [2.05, 4.69) is 27.3 Å². The molecule has 3 rings (SSSR count). The predicted molar refractivity (Wildman–Crippen MR) is 91.0 cm³/mol. The summed E-state index contributed by atoms with van der Waals surface area (Å²) in [5.41, 5.74) is 0.0286. The van der Waals surface area contributed by atoms with E-state index >= 15 is 0 Å². The standard InChI is InChI=1S/C15H22N6OS/c1-2-23-14-11-16-10-12(18-14)17-7-5-9-21-15(22)20-8-4-3-6-13(20)19-21/h10-11H,2-9H2,1H3,(H,17,18). The highest BCUT2D eigenvalue weighted by Crippen LogP contribution is 2.15. The Labute approximate surface area is 139 Å². The molecule has 0 aromatic carbocycles. The first-order valence-corrected chi connectivity index (χ1v) is 9.11. The van der Waals surface area contributed by atoms with E-state index in [1.165, 1.54) is 0 Å². The Balaban J connectivity index is 1.51. The first-order valence-electron chi connectivity index (χ1n) is 8.13. The number of nitrogens with zero attached hydrogens (tertiary/aromatic N) is 5. The summed E-state index contributed by atoms with van der Waals surface area (Å²) < 4.78 is 3.41. The van der Waals surface area contributed by atoms with Gasteiger partial charge in [-0.1, -0.05) is 6.92 Å². The van der Waals surface area contributed by atoms with Crippen LogP contribution >= 0.6 is 11.8 Å². The second-order valence-corrected chi connectivity index (χ2v) is 6.77. The maximum absolute atomic E-state index is 12.2. The number of aryl methyl sites for hydroxylation is 2. The molecule has 124 valence electrons. The van der Waals surface area contributed by atoms with Crippen molar-refractivity contribution in [2.45, 2.75) is 50.7 Å². The van der Waals surface area contributed by atoms with Gasteiger partial charge in [-0.05, 0) is 25.0 Å². The van der Waals surface area contributed by atoms with Crippen LogP contribution in [0.2, 0.25) is 0 Å². The molecule has 0 saturated heterocycles. The highest BCUT2D eigenvalue weighted by Gasteiger charge is 2.16. The molecule has 0 fully saturated rings. The van der Waals surface area contributed by atoms with Crippen LogP contribution in [0, 0.1) is 0 Å².